The lowest BCUT2D eigenvalue weighted by molar-refractivity contribution is -0.384. The molecule has 0 saturated heterocycles. The van der Waals surface area contributed by atoms with Gasteiger partial charge in [0.2, 0.25) is 11.7 Å². The summed E-state index contributed by atoms with van der Waals surface area (Å²) in [6.45, 7) is 0.450. The molecule has 0 radical (unpaired) electrons. The average Bonchev–Trinajstić information content (AvgIpc) is 3.31. The smallest absolute Gasteiger partial charge is 0.346 e. The molecule has 30 heavy (non-hydrogen) atoms. The molecule has 0 atom stereocenters. The first kappa shape index (κ1) is 19.4. The van der Waals surface area contributed by atoms with Gasteiger partial charge in [-0.25, -0.2) is 9.48 Å². The molecular weight excluding hydrogens is 390 g/mol. The van der Waals surface area contributed by atoms with Crippen LogP contribution in [0.3, 0.4) is 0 Å². The second-order valence-corrected chi connectivity index (χ2v) is 6.88. The largest absolute Gasteiger partial charge is 0.461 e. The lowest BCUT2D eigenvalue weighted by Crippen LogP contribution is -2.31. The molecule has 2 aromatic heterocycles. The number of rotatable bonds is 8. The van der Waals surface area contributed by atoms with Crippen molar-refractivity contribution < 1.29 is 14.1 Å². The molecule has 1 saturated carbocycles. The number of furan rings is 1. The lowest BCUT2D eigenvalue weighted by atomic mass is 10.2. The minimum atomic E-state index is -0.482. The highest BCUT2D eigenvalue weighted by atomic mass is 16.6. The van der Waals surface area contributed by atoms with Crippen molar-refractivity contribution in [3.63, 3.8) is 0 Å². The van der Waals surface area contributed by atoms with Gasteiger partial charge in [0, 0.05) is 30.8 Å². The third kappa shape index (κ3) is 4.22. The molecule has 154 valence electrons. The molecule has 1 amide bonds. The second-order valence-electron chi connectivity index (χ2n) is 6.88. The number of carbonyl (C=O) groups excluding carboxylic acids is 1. The first-order valence-corrected chi connectivity index (χ1v) is 9.46. The Bertz CT molecular complexity index is 1140. The van der Waals surface area contributed by atoms with E-state index in [0.29, 0.717) is 17.1 Å². The molecule has 0 aliphatic heterocycles. The highest BCUT2D eigenvalue weighted by molar-refractivity contribution is 5.91. The van der Waals surface area contributed by atoms with Crippen molar-refractivity contribution in [2.24, 2.45) is 0 Å². The van der Waals surface area contributed by atoms with Gasteiger partial charge >= 0.3 is 5.69 Å². The highest BCUT2D eigenvalue weighted by Crippen LogP contribution is 2.36. The number of nitrogens with zero attached hydrogens (tertiary/aromatic N) is 4. The summed E-state index contributed by atoms with van der Waals surface area (Å²) in [4.78, 5) is 34.9. The number of aromatic nitrogens is 3. The van der Waals surface area contributed by atoms with Gasteiger partial charge in [0.25, 0.3) is 5.69 Å². The molecule has 1 aliphatic carbocycles. The Kier molecular flexibility index (Phi) is 5.29. The van der Waals surface area contributed by atoms with Crippen LogP contribution in [0.1, 0.15) is 24.4 Å². The lowest BCUT2D eigenvalue weighted by Gasteiger charge is -2.01. The second kappa shape index (κ2) is 8.19. The predicted molar refractivity (Wildman–Crippen MR) is 108 cm³/mol. The van der Waals surface area contributed by atoms with Crippen molar-refractivity contribution in [3.8, 4) is 11.6 Å². The van der Waals surface area contributed by atoms with Crippen molar-refractivity contribution in [2.75, 3.05) is 6.54 Å². The molecule has 1 aliphatic rings. The standard InChI is InChI=1S/C20H19N5O5/c26-18(10-5-14-3-6-16(7-4-14)25(28)29)21-11-12-23-20(27)24(15-8-9-15)19(22-23)17-2-1-13-30-17/h1-7,10,13,15H,8-9,11-12H2,(H,21,26)/b10-5+. The minimum absolute atomic E-state index is 0.0124. The van der Waals surface area contributed by atoms with E-state index in [1.165, 1.54) is 29.2 Å². The molecule has 2 heterocycles. The topological polar surface area (TPSA) is 125 Å². The van der Waals surface area contributed by atoms with E-state index >= 15 is 0 Å². The van der Waals surface area contributed by atoms with E-state index in [1.54, 1.807) is 34.9 Å². The highest BCUT2D eigenvalue weighted by Gasteiger charge is 2.31. The van der Waals surface area contributed by atoms with E-state index < -0.39 is 4.92 Å². The van der Waals surface area contributed by atoms with Crippen LogP contribution in [0, 0.1) is 10.1 Å². The fourth-order valence-electron chi connectivity index (χ4n) is 3.02. The number of non-ortho nitro benzene ring substituents is 1. The molecule has 4 rings (SSSR count). The van der Waals surface area contributed by atoms with Crippen molar-refractivity contribution in [3.05, 3.63) is 74.9 Å². The molecule has 10 heteroatoms. The van der Waals surface area contributed by atoms with Gasteiger partial charge in [-0.3, -0.25) is 19.5 Å². The molecule has 0 unspecified atom stereocenters. The number of nitro groups is 1. The van der Waals surface area contributed by atoms with E-state index in [1.807, 2.05) is 0 Å². The Labute approximate surface area is 170 Å². The number of amides is 1. The third-order valence-electron chi connectivity index (χ3n) is 4.68. The van der Waals surface area contributed by atoms with Gasteiger partial charge in [-0.15, -0.1) is 5.10 Å². The molecule has 1 aromatic carbocycles. The van der Waals surface area contributed by atoms with E-state index in [0.717, 1.165) is 12.8 Å². The quantitative estimate of drug-likeness (QED) is 0.346. The fourth-order valence-corrected chi connectivity index (χ4v) is 3.02. The van der Waals surface area contributed by atoms with E-state index in [2.05, 4.69) is 10.4 Å². The summed E-state index contributed by atoms with van der Waals surface area (Å²) < 4.78 is 8.37. The predicted octanol–water partition coefficient (Wildman–Crippen LogP) is 2.38. The van der Waals surface area contributed by atoms with Crippen molar-refractivity contribution in [1.82, 2.24) is 19.7 Å². The fraction of sp³-hybridized carbons (Fsp3) is 0.250. The number of hydrogen-bond acceptors (Lipinski definition) is 6. The molecule has 1 fully saturated rings. The Hall–Kier alpha value is -3.95. The zero-order valence-corrected chi connectivity index (χ0v) is 15.9. The van der Waals surface area contributed by atoms with E-state index in [9.17, 15) is 19.7 Å². The van der Waals surface area contributed by atoms with Gasteiger partial charge in [0.05, 0.1) is 17.7 Å². The number of nitro benzene ring substituents is 1. The van der Waals surface area contributed by atoms with Crippen LogP contribution in [0.2, 0.25) is 0 Å². The number of hydrogen-bond donors (Lipinski definition) is 1. The molecule has 10 nitrogen and oxygen atoms in total. The van der Waals surface area contributed by atoms with E-state index in [-0.39, 0.29) is 36.4 Å². The van der Waals surface area contributed by atoms with Gasteiger partial charge in [0.1, 0.15) is 0 Å². The minimum Gasteiger partial charge on any atom is -0.461 e. The van der Waals surface area contributed by atoms with Crippen LogP contribution < -0.4 is 11.0 Å². The summed E-state index contributed by atoms with van der Waals surface area (Å²) in [6.07, 6.45) is 6.30. The van der Waals surface area contributed by atoms with Crippen LogP contribution in [0.15, 0.2) is 57.9 Å². The summed E-state index contributed by atoms with van der Waals surface area (Å²) in [7, 11) is 0. The van der Waals surface area contributed by atoms with E-state index in [4.69, 9.17) is 4.42 Å². The van der Waals surface area contributed by atoms with Gasteiger partial charge in [-0.2, -0.15) is 0 Å². The summed E-state index contributed by atoms with van der Waals surface area (Å²) in [5.74, 6) is 0.694. The zero-order valence-electron chi connectivity index (χ0n) is 15.9. The van der Waals surface area contributed by atoms with Crippen LogP contribution in [0.4, 0.5) is 5.69 Å². The van der Waals surface area contributed by atoms with Crippen molar-refractivity contribution in [1.29, 1.82) is 0 Å². The van der Waals surface area contributed by atoms with Gasteiger partial charge < -0.3 is 9.73 Å². The molecule has 0 spiro atoms. The van der Waals surface area contributed by atoms with Crippen LogP contribution in [0.25, 0.3) is 17.7 Å². The number of benzene rings is 1. The van der Waals surface area contributed by atoms with Crippen LogP contribution in [-0.4, -0.2) is 31.7 Å². The monoisotopic (exact) mass is 409 g/mol. The normalized spacial score (nSPS) is 13.6. The maximum Gasteiger partial charge on any atom is 0.346 e. The van der Waals surface area contributed by atoms with Gasteiger partial charge in [-0.1, -0.05) is 0 Å². The van der Waals surface area contributed by atoms with Gasteiger partial charge in [0.15, 0.2) is 5.76 Å². The Morgan fingerprint density at radius 3 is 2.70 bits per heavy atom. The van der Waals surface area contributed by atoms with Crippen molar-refractivity contribution in [2.45, 2.75) is 25.4 Å². The van der Waals surface area contributed by atoms with Crippen LogP contribution in [-0.2, 0) is 11.3 Å². The summed E-state index contributed by atoms with van der Waals surface area (Å²) in [6, 6.07) is 9.51. The Morgan fingerprint density at radius 1 is 1.30 bits per heavy atom. The van der Waals surface area contributed by atoms with Crippen LogP contribution >= 0.6 is 0 Å². The maximum atomic E-state index is 12.7. The first-order chi connectivity index (χ1) is 14.5. The number of carbonyl (C=O) groups is 1. The van der Waals surface area contributed by atoms with Crippen LogP contribution in [0.5, 0.6) is 0 Å². The summed E-state index contributed by atoms with van der Waals surface area (Å²) >= 11 is 0. The average molecular weight is 409 g/mol. The van der Waals surface area contributed by atoms with Crippen molar-refractivity contribution >= 4 is 17.7 Å². The molecule has 0 bridgehead atoms. The summed E-state index contributed by atoms with van der Waals surface area (Å²) in [5, 5.41) is 17.7. The summed E-state index contributed by atoms with van der Waals surface area (Å²) in [5.41, 5.74) is 0.430. The zero-order chi connectivity index (χ0) is 21.1. The maximum absolute atomic E-state index is 12.7. The molecular formula is C20H19N5O5. The Balaban J connectivity index is 1.36. The first-order valence-electron chi connectivity index (χ1n) is 9.46. The van der Waals surface area contributed by atoms with Gasteiger partial charge in [-0.05, 0) is 48.7 Å². The molecule has 1 N–H and O–H groups in total. The third-order valence-corrected chi connectivity index (χ3v) is 4.68. The molecule has 3 aromatic rings. The SMILES string of the molecule is O=C(/C=C/c1ccc([N+](=O)[O-])cc1)NCCn1nc(-c2ccco2)n(C2CC2)c1=O. The Morgan fingerprint density at radius 2 is 2.07 bits per heavy atom. The number of nitrogens with one attached hydrogen (secondary N) is 1.